The molecule has 0 radical (unpaired) electrons. The van der Waals surface area contributed by atoms with Crippen molar-refractivity contribution in [3.05, 3.63) is 84.2 Å². The molecule has 28 heavy (non-hydrogen) atoms. The van der Waals surface area contributed by atoms with Crippen LogP contribution in [0.25, 0.3) is 0 Å². The van der Waals surface area contributed by atoms with E-state index in [1.165, 1.54) is 0 Å². The number of nitrogens with zero attached hydrogens (tertiary/aromatic N) is 1. The molecule has 0 aliphatic carbocycles. The molecule has 1 aromatic heterocycles. The Kier molecular flexibility index (Phi) is 6.64. The molecule has 1 N–H and O–H groups in total. The zero-order valence-electron chi connectivity index (χ0n) is 15.5. The van der Waals surface area contributed by atoms with Crippen molar-refractivity contribution in [3.63, 3.8) is 0 Å². The number of amides is 1. The number of benzene rings is 2. The summed E-state index contributed by atoms with van der Waals surface area (Å²) in [5.74, 6) is 6.93. The average molecular weight is 372 g/mol. The van der Waals surface area contributed by atoms with Crippen LogP contribution in [0.15, 0.2) is 72.9 Å². The van der Waals surface area contributed by atoms with Gasteiger partial charge in [0, 0.05) is 17.4 Å². The second-order valence-corrected chi connectivity index (χ2v) is 5.76. The van der Waals surface area contributed by atoms with Gasteiger partial charge in [0.05, 0.1) is 6.61 Å². The lowest BCUT2D eigenvalue weighted by atomic mass is 10.2. The van der Waals surface area contributed by atoms with E-state index in [-0.39, 0.29) is 12.5 Å². The zero-order valence-corrected chi connectivity index (χ0v) is 15.5. The number of carbonyl (C=O) groups is 1. The van der Waals surface area contributed by atoms with E-state index in [1.807, 2.05) is 55.5 Å². The van der Waals surface area contributed by atoms with Crippen LogP contribution in [0.4, 0.5) is 5.69 Å². The smallest absolute Gasteiger partial charge is 0.262 e. The summed E-state index contributed by atoms with van der Waals surface area (Å²) in [6.07, 6.45) is 1.70. The molecule has 0 bridgehead atoms. The van der Waals surface area contributed by atoms with Gasteiger partial charge in [0.2, 0.25) is 0 Å². The molecule has 0 spiro atoms. The topological polar surface area (TPSA) is 60.5 Å². The number of hydrogen-bond donors (Lipinski definition) is 1. The Morgan fingerprint density at radius 1 is 0.964 bits per heavy atom. The van der Waals surface area contributed by atoms with E-state index in [2.05, 4.69) is 22.1 Å². The van der Waals surface area contributed by atoms with Crippen molar-refractivity contribution in [2.24, 2.45) is 0 Å². The Labute approximate surface area is 164 Å². The van der Waals surface area contributed by atoms with Gasteiger partial charge in [-0.15, -0.1) is 0 Å². The summed E-state index contributed by atoms with van der Waals surface area (Å²) >= 11 is 0. The fourth-order valence-electron chi connectivity index (χ4n) is 2.43. The molecular weight excluding hydrogens is 352 g/mol. The number of rotatable bonds is 6. The molecule has 0 fully saturated rings. The molecule has 0 aliphatic rings. The first-order valence-corrected chi connectivity index (χ1v) is 8.92. The van der Waals surface area contributed by atoms with Crippen LogP contribution in [-0.2, 0) is 4.79 Å². The minimum atomic E-state index is -0.263. The molecule has 5 heteroatoms. The minimum Gasteiger partial charge on any atom is -0.490 e. The van der Waals surface area contributed by atoms with Gasteiger partial charge in [-0.1, -0.05) is 30.2 Å². The maximum atomic E-state index is 12.2. The number of ether oxygens (including phenoxy) is 2. The van der Waals surface area contributed by atoms with Crippen LogP contribution in [0.3, 0.4) is 0 Å². The highest BCUT2D eigenvalue weighted by atomic mass is 16.5. The van der Waals surface area contributed by atoms with Crippen molar-refractivity contribution < 1.29 is 14.3 Å². The predicted molar refractivity (Wildman–Crippen MR) is 108 cm³/mol. The summed E-state index contributed by atoms with van der Waals surface area (Å²) in [6.45, 7) is 2.31. The number of para-hydroxylation sites is 2. The third kappa shape index (κ3) is 5.61. The van der Waals surface area contributed by atoms with E-state index in [0.717, 1.165) is 5.56 Å². The summed E-state index contributed by atoms with van der Waals surface area (Å²) in [5, 5.41) is 2.81. The molecule has 0 unspecified atom stereocenters. The number of nitrogens with one attached hydrogen (secondary N) is 1. The number of aromatic nitrogens is 1. The molecule has 0 saturated heterocycles. The van der Waals surface area contributed by atoms with Gasteiger partial charge in [0.15, 0.2) is 18.1 Å². The molecule has 0 aliphatic heterocycles. The SMILES string of the molecule is CCOc1ccccc1OCC(=O)Nc1cccc(C#Cc2ccccn2)c1. The van der Waals surface area contributed by atoms with Gasteiger partial charge in [-0.3, -0.25) is 4.79 Å². The van der Waals surface area contributed by atoms with Crippen LogP contribution >= 0.6 is 0 Å². The Morgan fingerprint density at radius 2 is 1.75 bits per heavy atom. The first-order chi connectivity index (χ1) is 13.7. The number of hydrogen-bond acceptors (Lipinski definition) is 4. The molecule has 3 aromatic rings. The third-order valence-corrected chi connectivity index (χ3v) is 3.65. The standard InChI is InChI=1S/C23H20N2O3/c1-2-27-21-11-3-4-12-22(21)28-17-23(26)25-20-10-7-8-18(16-20)13-14-19-9-5-6-15-24-19/h3-12,15-16H,2,17H2,1H3,(H,25,26). The fourth-order valence-corrected chi connectivity index (χ4v) is 2.43. The molecule has 0 atom stereocenters. The summed E-state index contributed by atoms with van der Waals surface area (Å²) in [4.78, 5) is 16.4. The van der Waals surface area contributed by atoms with Gasteiger partial charge in [-0.25, -0.2) is 4.98 Å². The van der Waals surface area contributed by atoms with E-state index in [0.29, 0.717) is 29.5 Å². The molecule has 0 saturated carbocycles. The molecule has 5 nitrogen and oxygen atoms in total. The van der Waals surface area contributed by atoms with Crippen LogP contribution in [0, 0.1) is 11.8 Å². The van der Waals surface area contributed by atoms with Crippen molar-refractivity contribution in [1.29, 1.82) is 0 Å². The fraction of sp³-hybridized carbons (Fsp3) is 0.130. The Hall–Kier alpha value is -3.78. The van der Waals surface area contributed by atoms with Crippen molar-refractivity contribution in [2.75, 3.05) is 18.5 Å². The Morgan fingerprint density at radius 3 is 2.50 bits per heavy atom. The minimum absolute atomic E-state index is 0.117. The van der Waals surface area contributed by atoms with Crippen LogP contribution in [0.5, 0.6) is 11.5 Å². The second-order valence-electron chi connectivity index (χ2n) is 5.76. The van der Waals surface area contributed by atoms with Crippen molar-refractivity contribution in [1.82, 2.24) is 4.98 Å². The summed E-state index contributed by atoms with van der Waals surface area (Å²) < 4.78 is 11.1. The van der Waals surface area contributed by atoms with E-state index < -0.39 is 0 Å². The normalized spacial score (nSPS) is 9.75. The van der Waals surface area contributed by atoms with Gasteiger partial charge >= 0.3 is 0 Å². The Balaban J connectivity index is 1.60. The molecule has 3 rings (SSSR count). The molecular formula is C23H20N2O3. The number of anilines is 1. The largest absolute Gasteiger partial charge is 0.490 e. The van der Waals surface area contributed by atoms with E-state index >= 15 is 0 Å². The van der Waals surface area contributed by atoms with E-state index in [1.54, 1.807) is 24.4 Å². The van der Waals surface area contributed by atoms with Crippen LogP contribution < -0.4 is 14.8 Å². The first kappa shape index (κ1) is 19.0. The van der Waals surface area contributed by atoms with Crippen molar-refractivity contribution in [3.8, 4) is 23.3 Å². The lowest BCUT2D eigenvalue weighted by Crippen LogP contribution is -2.20. The molecule has 1 amide bonds. The van der Waals surface area contributed by atoms with Gasteiger partial charge in [0.25, 0.3) is 5.91 Å². The van der Waals surface area contributed by atoms with E-state index in [4.69, 9.17) is 9.47 Å². The van der Waals surface area contributed by atoms with Crippen molar-refractivity contribution in [2.45, 2.75) is 6.92 Å². The number of pyridine rings is 1. The van der Waals surface area contributed by atoms with Gasteiger partial charge in [-0.05, 0) is 55.3 Å². The summed E-state index contributed by atoms with van der Waals surface area (Å²) in [5.41, 5.74) is 2.13. The van der Waals surface area contributed by atoms with Crippen LogP contribution in [-0.4, -0.2) is 24.1 Å². The predicted octanol–water partition coefficient (Wildman–Crippen LogP) is 3.90. The lowest BCUT2D eigenvalue weighted by molar-refractivity contribution is -0.118. The van der Waals surface area contributed by atoms with Crippen molar-refractivity contribution >= 4 is 11.6 Å². The van der Waals surface area contributed by atoms with Crippen LogP contribution in [0.1, 0.15) is 18.2 Å². The maximum Gasteiger partial charge on any atom is 0.262 e. The zero-order chi connectivity index (χ0) is 19.6. The molecule has 2 aromatic carbocycles. The average Bonchev–Trinajstić information content (AvgIpc) is 2.73. The monoisotopic (exact) mass is 372 g/mol. The highest BCUT2D eigenvalue weighted by Crippen LogP contribution is 2.26. The highest BCUT2D eigenvalue weighted by Gasteiger charge is 2.08. The molecule has 140 valence electrons. The third-order valence-electron chi connectivity index (χ3n) is 3.65. The first-order valence-electron chi connectivity index (χ1n) is 8.92. The molecule has 1 heterocycles. The lowest BCUT2D eigenvalue weighted by Gasteiger charge is -2.11. The van der Waals surface area contributed by atoms with Gasteiger partial charge in [-0.2, -0.15) is 0 Å². The highest BCUT2D eigenvalue weighted by molar-refractivity contribution is 5.92. The summed E-state index contributed by atoms with van der Waals surface area (Å²) in [6, 6.07) is 20.2. The van der Waals surface area contributed by atoms with Crippen LogP contribution in [0.2, 0.25) is 0 Å². The van der Waals surface area contributed by atoms with Gasteiger partial charge in [0.1, 0.15) is 5.69 Å². The maximum absolute atomic E-state index is 12.2. The number of carbonyl (C=O) groups excluding carboxylic acids is 1. The second kappa shape index (κ2) is 9.79. The summed E-state index contributed by atoms with van der Waals surface area (Å²) in [7, 11) is 0. The van der Waals surface area contributed by atoms with E-state index in [9.17, 15) is 4.79 Å². The Bertz CT molecular complexity index is 991. The van der Waals surface area contributed by atoms with Gasteiger partial charge < -0.3 is 14.8 Å². The quantitative estimate of drug-likeness (QED) is 0.667.